The highest BCUT2D eigenvalue weighted by molar-refractivity contribution is 7.21. The number of fused-ring (bicyclic) bond motifs is 2. The minimum Gasteiger partial charge on any atom is -0.486 e. The first kappa shape index (κ1) is 18.5. The van der Waals surface area contributed by atoms with Gasteiger partial charge in [0.1, 0.15) is 23.9 Å². The summed E-state index contributed by atoms with van der Waals surface area (Å²) in [6.07, 6.45) is 3.76. The summed E-state index contributed by atoms with van der Waals surface area (Å²) in [5.41, 5.74) is 2.72. The second-order valence-electron chi connectivity index (χ2n) is 6.72. The molecule has 30 heavy (non-hydrogen) atoms. The Morgan fingerprint density at radius 2 is 1.87 bits per heavy atom. The molecule has 8 heteroatoms. The number of amides is 1. The molecule has 0 unspecified atom stereocenters. The van der Waals surface area contributed by atoms with Crippen molar-refractivity contribution in [2.75, 3.05) is 19.8 Å². The first-order valence-electron chi connectivity index (χ1n) is 9.61. The molecule has 2 aromatic carbocycles. The summed E-state index contributed by atoms with van der Waals surface area (Å²) in [4.78, 5) is 26.0. The highest BCUT2D eigenvalue weighted by Crippen LogP contribution is 2.31. The second kappa shape index (κ2) is 8.08. The van der Waals surface area contributed by atoms with Gasteiger partial charge in [-0.15, -0.1) is 11.3 Å². The van der Waals surface area contributed by atoms with E-state index < -0.39 is 0 Å². The predicted octanol–water partition coefficient (Wildman–Crippen LogP) is 3.50. The van der Waals surface area contributed by atoms with Crippen LogP contribution in [-0.2, 0) is 6.42 Å². The van der Waals surface area contributed by atoms with Crippen molar-refractivity contribution in [3.05, 3.63) is 66.1 Å². The average molecular weight is 418 g/mol. The monoisotopic (exact) mass is 418 g/mol. The molecule has 0 atom stereocenters. The van der Waals surface area contributed by atoms with Crippen LogP contribution in [0.4, 0.5) is 0 Å². The van der Waals surface area contributed by atoms with Gasteiger partial charge < -0.3 is 14.8 Å². The van der Waals surface area contributed by atoms with Gasteiger partial charge in [0.25, 0.3) is 5.91 Å². The van der Waals surface area contributed by atoms with Crippen LogP contribution in [0.25, 0.3) is 20.9 Å². The first-order valence-corrected chi connectivity index (χ1v) is 10.4. The molecule has 3 heterocycles. The topological polar surface area (TPSA) is 86.2 Å². The third-order valence-electron chi connectivity index (χ3n) is 4.72. The number of nitrogens with zero attached hydrogens (tertiary/aromatic N) is 3. The van der Waals surface area contributed by atoms with Crippen molar-refractivity contribution in [3.8, 4) is 22.2 Å². The molecule has 0 radical (unpaired) electrons. The summed E-state index contributed by atoms with van der Waals surface area (Å²) in [6.45, 7) is 1.58. The molecule has 1 aliphatic rings. The highest BCUT2D eigenvalue weighted by Gasteiger charge is 2.19. The van der Waals surface area contributed by atoms with Gasteiger partial charge in [0.15, 0.2) is 17.2 Å². The van der Waals surface area contributed by atoms with Crippen molar-refractivity contribution in [3.63, 3.8) is 0 Å². The fraction of sp³-hybridized carbons (Fsp3) is 0.182. The van der Waals surface area contributed by atoms with Crippen LogP contribution in [0.3, 0.4) is 0 Å². The molecule has 0 saturated heterocycles. The molecule has 0 saturated carbocycles. The van der Waals surface area contributed by atoms with Gasteiger partial charge in [0, 0.05) is 18.9 Å². The largest absolute Gasteiger partial charge is 0.486 e. The van der Waals surface area contributed by atoms with Crippen LogP contribution in [0.15, 0.2) is 54.9 Å². The van der Waals surface area contributed by atoms with E-state index in [1.807, 2.05) is 42.5 Å². The minimum absolute atomic E-state index is 0.269. The lowest BCUT2D eigenvalue weighted by molar-refractivity contribution is 0.0949. The van der Waals surface area contributed by atoms with Crippen molar-refractivity contribution >= 4 is 27.5 Å². The van der Waals surface area contributed by atoms with Gasteiger partial charge in [-0.1, -0.05) is 18.2 Å². The van der Waals surface area contributed by atoms with Gasteiger partial charge >= 0.3 is 0 Å². The van der Waals surface area contributed by atoms with Crippen LogP contribution in [0.1, 0.15) is 16.1 Å². The SMILES string of the molecule is O=C(NCCc1ccc2c(c1)OCCO2)c1nccnc1-c1nc2ccccc2s1. The Morgan fingerprint density at radius 1 is 1.03 bits per heavy atom. The summed E-state index contributed by atoms with van der Waals surface area (Å²) < 4.78 is 12.2. The highest BCUT2D eigenvalue weighted by atomic mass is 32.1. The van der Waals surface area contributed by atoms with Gasteiger partial charge in [0.2, 0.25) is 0 Å². The molecule has 1 amide bonds. The summed E-state index contributed by atoms with van der Waals surface area (Å²) in [5.74, 6) is 1.24. The third-order valence-corrected chi connectivity index (χ3v) is 5.76. The Labute approximate surface area is 176 Å². The maximum atomic E-state index is 12.8. The molecule has 1 N–H and O–H groups in total. The van der Waals surface area contributed by atoms with Crippen LogP contribution < -0.4 is 14.8 Å². The molecular formula is C22H18N4O3S. The van der Waals surface area contributed by atoms with Gasteiger partial charge in [-0.3, -0.25) is 4.79 Å². The molecule has 1 aliphatic heterocycles. The Balaban J connectivity index is 1.30. The molecule has 0 spiro atoms. The molecule has 0 aliphatic carbocycles. The fourth-order valence-electron chi connectivity index (χ4n) is 3.28. The standard InChI is InChI=1S/C22H18N4O3S/c27-21(25-8-7-14-5-6-16-17(13-14)29-12-11-28-16)19-20(24-10-9-23-19)22-26-15-3-1-2-4-18(15)30-22/h1-6,9-10,13H,7-8,11-12H2,(H,25,27). The van der Waals surface area contributed by atoms with E-state index in [-0.39, 0.29) is 11.6 Å². The molecule has 4 aromatic rings. The molecule has 0 bridgehead atoms. The minimum atomic E-state index is -0.269. The van der Waals surface area contributed by atoms with E-state index in [1.54, 1.807) is 6.20 Å². The molecule has 150 valence electrons. The Kier molecular flexibility index (Phi) is 4.98. The van der Waals surface area contributed by atoms with Crippen molar-refractivity contribution in [2.45, 2.75) is 6.42 Å². The first-order chi connectivity index (χ1) is 14.8. The quantitative estimate of drug-likeness (QED) is 0.534. The average Bonchev–Trinajstić information content (AvgIpc) is 3.23. The third kappa shape index (κ3) is 3.69. The number of carbonyl (C=O) groups excluding carboxylic acids is 1. The molecular weight excluding hydrogens is 400 g/mol. The van der Waals surface area contributed by atoms with Crippen LogP contribution in [0, 0.1) is 0 Å². The number of para-hydroxylation sites is 1. The molecule has 7 nitrogen and oxygen atoms in total. The lowest BCUT2D eigenvalue weighted by atomic mass is 10.1. The summed E-state index contributed by atoms with van der Waals surface area (Å²) in [7, 11) is 0. The fourth-order valence-corrected chi connectivity index (χ4v) is 4.24. The second-order valence-corrected chi connectivity index (χ2v) is 7.75. The normalized spacial score (nSPS) is 12.7. The zero-order valence-electron chi connectivity index (χ0n) is 16.0. The summed E-state index contributed by atoms with van der Waals surface area (Å²) >= 11 is 1.50. The maximum Gasteiger partial charge on any atom is 0.272 e. The number of hydrogen-bond donors (Lipinski definition) is 1. The van der Waals surface area contributed by atoms with Crippen molar-refractivity contribution in [1.29, 1.82) is 0 Å². The zero-order chi connectivity index (χ0) is 20.3. The van der Waals surface area contributed by atoms with Crippen LogP contribution in [-0.4, -0.2) is 40.6 Å². The molecule has 5 rings (SSSR count). The molecule has 2 aromatic heterocycles. The number of nitrogens with one attached hydrogen (secondary N) is 1. The van der Waals surface area contributed by atoms with E-state index in [4.69, 9.17) is 9.47 Å². The van der Waals surface area contributed by atoms with E-state index in [2.05, 4.69) is 20.3 Å². The number of rotatable bonds is 5. The van der Waals surface area contributed by atoms with E-state index in [0.717, 1.165) is 27.3 Å². The number of aromatic nitrogens is 3. The van der Waals surface area contributed by atoms with Gasteiger partial charge in [-0.25, -0.2) is 15.0 Å². The van der Waals surface area contributed by atoms with Crippen molar-refractivity contribution in [2.24, 2.45) is 0 Å². The van der Waals surface area contributed by atoms with E-state index >= 15 is 0 Å². The number of ether oxygens (including phenoxy) is 2. The van der Waals surface area contributed by atoms with E-state index in [9.17, 15) is 4.79 Å². The van der Waals surface area contributed by atoms with E-state index in [0.29, 0.717) is 36.9 Å². The van der Waals surface area contributed by atoms with Crippen LogP contribution in [0.2, 0.25) is 0 Å². The van der Waals surface area contributed by atoms with Crippen LogP contribution in [0.5, 0.6) is 11.5 Å². The number of thiazole rings is 1. The maximum absolute atomic E-state index is 12.8. The van der Waals surface area contributed by atoms with Crippen molar-refractivity contribution in [1.82, 2.24) is 20.3 Å². The number of benzene rings is 2. The summed E-state index contributed by atoms with van der Waals surface area (Å²) in [5, 5.41) is 3.62. The van der Waals surface area contributed by atoms with E-state index in [1.165, 1.54) is 17.5 Å². The number of hydrogen-bond acceptors (Lipinski definition) is 7. The Morgan fingerprint density at radius 3 is 2.77 bits per heavy atom. The Bertz CT molecular complexity index is 1190. The van der Waals surface area contributed by atoms with Gasteiger partial charge in [-0.2, -0.15) is 0 Å². The lowest BCUT2D eigenvalue weighted by Crippen LogP contribution is -2.27. The zero-order valence-corrected chi connectivity index (χ0v) is 16.8. The van der Waals surface area contributed by atoms with Gasteiger partial charge in [0.05, 0.1) is 10.2 Å². The molecule has 0 fully saturated rings. The summed E-state index contributed by atoms with van der Waals surface area (Å²) in [6, 6.07) is 13.7. The smallest absolute Gasteiger partial charge is 0.272 e. The van der Waals surface area contributed by atoms with Crippen LogP contribution >= 0.6 is 11.3 Å². The van der Waals surface area contributed by atoms with Gasteiger partial charge in [-0.05, 0) is 36.2 Å². The predicted molar refractivity (Wildman–Crippen MR) is 114 cm³/mol. The number of carbonyl (C=O) groups is 1. The lowest BCUT2D eigenvalue weighted by Gasteiger charge is -2.18. The Hall–Kier alpha value is -3.52. The van der Waals surface area contributed by atoms with Crippen molar-refractivity contribution < 1.29 is 14.3 Å².